The average molecular weight is 291 g/mol. The normalized spacial score (nSPS) is 10.2. The monoisotopic (exact) mass is 290 g/mol. The van der Waals surface area contributed by atoms with E-state index in [0.29, 0.717) is 30.4 Å². The first-order valence-electron chi connectivity index (χ1n) is 6.09. The highest BCUT2D eigenvalue weighted by atomic mass is 35.5. The summed E-state index contributed by atoms with van der Waals surface area (Å²) in [6.45, 7) is 1.15. The van der Waals surface area contributed by atoms with Crippen LogP contribution >= 0.6 is 11.6 Å². The van der Waals surface area contributed by atoms with Crippen molar-refractivity contribution < 1.29 is 0 Å². The van der Waals surface area contributed by atoms with Crippen LogP contribution in [-0.4, -0.2) is 27.3 Å². The fourth-order valence-electron chi connectivity index (χ4n) is 1.77. The largest absolute Gasteiger partial charge is 0.388 e. The molecule has 0 aliphatic heterocycles. The van der Waals surface area contributed by atoms with Gasteiger partial charge in [-0.3, -0.25) is 10.4 Å². The first kappa shape index (κ1) is 14.2. The summed E-state index contributed by atoms with van der Waals surface area (Å²) in [5, 5.41) is 7.83. The predicted molar refractivity (Wildman–Crippen MR) is 78.9 cm³/mol. The van der Waals surface area contributed by atoms with Crippen LogP contribution in [0.5, 0.6) is 0 Å². The summed E-state index contributed by atoms with van der Waals surface area (Å²) in [5.74, 6) is 0.762. The topological polar surface area (TPSA) is 91.8 Å². The lowest BCUT2D eigenvalue weighted by Gasteiger charge is -2.24. The minimum absolute atomic E-state index is 0.131. The standard InChI is InChI=1S/C13H15ClN6/c14-11-7-18-9-19-13(11)20(5-3-12(15)16)8-10-2-1-4-17-6-10/h1-2,4,6-7,9H,3,5,8H2,(H3,15,16). The molecule has 0 fully saturated rings. The second-order valence-electron chi connectivity index (χ2n) is 4.25. The molecule has 0 aliphatic rings. The molecule has 0 saturated carbocycles. The molecule has 0 aromatic carbocycles. The van der Waals surface area contributed by atoms with Crippen LogP contribution in [0.2, 0.25) is 5.02 Å². The number of aromatic nitrogens is 3. The zero-order valence-corrected chi connectivity index (χ0v) is 11.6. The molecule has 2 aromatic rings. The summed E-state index contributed by atoms with van der Waals surface area (Å²) in [6, 6.07) is 3.85. The number of anilines is 1. The van der Waals surface area contributed by atoms with Crippen LogP contribution in [0.25, 0.3) is 0 Å². The predicted octanol–water partition coefficient (Wildman–Crippen LogP) is 1.86. The van der Waals surface area contributed by atoms with Gasteiger partial charge < -0.3 is 10.6 Å². The van der Waals surface area contributed by atoms with Gasteiger partial charge in [-0.2, -0.15) is 0 Å². The molecule has 0 saturated heterocycles. The number of amidine groups is 1. The molecule has 0 bridgehead atoms. The minimum Gasteiger partial charge on any atom is -0.388 e. The Hall–Kier alpha value is -2.21. The van der Waals surface area contributed by atoms with Crippen molar-refractivity contribution in [2.24, 2.45) is 5.73 Å². The van der Waals surface area contributed by atoms with Crippen LogP contribution in [0.4, 0.5) is 5.82 Å². The highest BCUT2D eigenvalue weighted by Crippen LogP contribution is 2.23. The summed E-state index contributed by atoms with van der Waals surface area (Å²) in [6.07, 6.45) is 6.96. The fourth-order valence-corrected chi connectivity index (χ4v) is 1.99. The Morgan fingerprint density at radius 1 is 1.35 bits per heavy atom. The van der Waals surface area contributed by atoms with Gasteiger partial charge in [-0.25, -0.2) is 9.97 Å². The number of rotatable bonds is 6. The third kappa shape index (κ3) is 3.89. The molecule has 2 aromatic heterocycles. The number of hydrogen-bond acceptors (Lipinski definition) is 5. The Labute approximate surface area is 122 Å². The van der Waals surface area contributed by atoms with Crippen molar-refractivity contribution in [2.45, 2.75) is 13.0 Å². The van der Waals surface area contributed by atoms with E-state index in [9.17, 15) is 0 Å². The molecule has 20 heavy (non-hydrogen) atoms. The molecule has 0 atom stereocenters. The molecule has 0 unspecified atom stereocenters. The second kappa shape index (κ2) is 6.81. The van der Waals surface area contributed by atoms with E-state index in [-0.39, 0.29) is 5.84 Å². The van der Waals surface area contributed by atoms with E-state index in [1.165, 1.54) is 6.33 Å². The van der Waals surface area contributed by atoms with Crippen molar-refractivity contribution in [3.05, 3.63) is 47.6 Å². The van der Waals surface area contributed by atoms with Crippen molar-refractivity contribution in [2.75, 3.05) is 11.4 Å². The highest BCUT2D eigenvalue weighted by molar-refractivity contribution is 6.32. The van der Waals surface area contributed by atoms with E-state index < -0.39 is 0 Å². The van der Waals surface area contributed by atoms with Gasteiger partial charge in [-0.1, -0.05) is 17.7 Å². The number of pyridine rings is 1. The molecule has 0 spiro atoms. The second-order valence-corrected chi connectivity index (χ2v) is 4.66. The molecule has 0 amide bonds. The maximum absolute atomic E-state index is 7.36. The van der Waals surface area contributed by atoms with Gasteiger partial charge in [0.05, 0.1) is 12.0 Å². The van der Waals surface area contributed by atoms with E-state index in [1.807, 2.05) is 17.0 Å². The van der Waals surface area contributed by atoms with E-state index in [1.54, 1.807) is 18.6 Å². The van der Waals surface area contributed by atoms with Gasteiger partial charge in [0.1, 0.15) is 11.3 Å². The SMILES string of the molecule is N=C(N)CCN(Cc1cccnc1)c1ncncc1Cl. The third-order valence-corrected chi connectivity index (χ3v) is 2.96. The summed E-state index contributed by atoms with van der Waals surface area (Å²) in [4.78, 5) is 14.1. The van der Waals surface area contributed by atoms with Gasteiger partial charge in [0.15, 0.2) is 5.82 Å². The van der Waals surface area contributed by atoms with Crippen molar-refractivity contribution in [3.8, 4) is 0 Å². The average Bonchev–Trinajstić information content (AvgIpc) is 2.45. The number of hydrogen-bond donors (Lipinski definition) is 2. The van der Waals surface area contributed by atoms with Crippen molar-refractivity contribution in [3.63, 3.8) is 0 Å². The zero-order chi connectivity index (χ0) is 14.4. The quantitative estimate of drug-likeness (QED) is 0.626. The Morgan fingerprint density at radius 2 is 2.20 bits per heavy atom. The van der Waals surface area contributed by atoms with Gasteiger partial charge in [-0.05, 0) is 11.6 Å². The Balaban J connectivity index is 2.20. The van der Waals surface area contributed by atoms with Crippen molar-refractivity contribution in [1.29, 1.82) is 5.41 Å². The number of nitrogens with one attached hydrogen (secondary N) is 1. The lowest BCUT2D eigenvalue weighted by atomic mass is 10.2. The highest BCUT2D eigenvalue weighted by Gasteiger charge is 2.13. The molecule has 7 heteroatoms. The zero-order valence-electron chi connectivity index (χ0n) is 10.8. The van der Waals surface area contributed by atoms with Crippen LogP contribution in [0, 0.1) is 5.41 Å². The molecular weight excluding hydrogens is 276 g/mol. The van der Waals surface area contributed by atoms with Crippen molar-refractivity contribution in [1.82, 2.24) is 15.0 Å². The van der Waals surface area contributed by atoms with E-state index in [0.717, 1.165) is 5.56 Å². The lowest BCUT2D eigenvalue weighted by molar-refractivity contribution is 0.781. The lowest BCUT2D eigenvalue weighted by Crippen LogP contribution is -2.28. The van der Waals surface area contributed by atoms with Crippen LogP contribution in [0.15, 0.2) is 37.1 Å². The Morgan fingerprint density at radius 3 is 2.85 bits per heavy atom. The van der Waals surface area contributed by atoms with Gasteiger partial charge in [-0.15, -0.1) is 0 Å². The Bertz CT molecular complexity index is 574. The molecule has 6 nitrogen and oxygen atoms in total. The van der Waals surface area contributed by atoms with Crippen LogP contribution in [0.1, 0.15) is 12.0 Å². The smallest absolute Gasteiger partial charge is 0.151 e. The van der Waals surface area contributed by atoms with Gasteiger partial charge in [0.2, 0.25) is 0 Å². The maximum Gasteiger partial charge on any atom is 0.151 e. The van der Waals surface area contributed by atoms with E-state index in [2.05, 4.69) is 15.0 Å². The first-order valence-corrected chi connectivity index (χ1v) is 6.47. The molecule has 2 heterocycles. The first-order chi connectivity index (χ1) is 9.66. The van der Waals surface area contributed by atoms with Gasteiger partial charge in [0, 0.05) is 31.9 Å². The summed E-state index contributed by atoms with van der Waals surface area (Å²) in [7, 11) is 0. The summed E-state index contributed by atoms with van der Waals surface area (Å²) in [5.41, 5.74) is 6.46. The molecule has 2 rings (SSSR count). The minimum atomic E-state index is 0.131. The van der Waals surface area contributed by atoms with Crippen LogP contribution < -0.4 is 10.6 Å². The van der Waals surface area contributed by atoms with Gasteiger partial charge >= 0.3 is 0 Å². The third-order valence-electron chi connectivity index (χ3n) is 2.70. The number of nitrogens with two attached hydrogens (primary N) is 1. The van der Waals surface area contributed by atoms with E-state index >= 15 is 0 Å². The Kier molecular flexibility index (Phi) is 4.84. The molecule has 104 valence electrons. The fraction of sp³-hybridized carbons (Fsp3) is 0.231. The maximum atomic E-state index is 7.36. The molecule has 0 radical (unpaired) electrons. The van der Waals surface area contributed by atoms with Crippen LogP contribution in [-0.2, 0) is 6.54 Å². The van der Waals surface area contributed by atoms with E-state index in [4.69, 9.17) is 22.7 Å². The summed E-state index contributed by atoms with van der Waals surface area (Å²) < 4.78 is 0. The van der Waals surface area contributed by atoms with Gasteiger partial charge in [0.25, 0.3) is 0 Å². The number of nitrogens with zero attached hydrogens (tertiary/aromatic N) is 4. The molecule has 0 aliphatic carbocycles. The molecular formula is C13H15ClN6. The summed E-state index contributed by atoms with van der Waals surface area (Å²) >= 11 is 6.13. The van der Waals surface area contributed by atoms with Crippen molar-refractivity contribution >= 4 is 23.3 Å². The molecule has 3 N–H and O–H groups in total. The number of halogens is 1. The van der Waals surface area contributed by atoms with Crippen LogP contribution in [0.3, 0.4) is 0 Å².